The van der Waals surface area contributed by atoms with Crippen LogP contribution in [0, 0.1) is 12.7 Å². The number of amidine groups is 1. The molecule has 0 aromatic heterocycles. The van der Waals surface area contributed by atoms with Gasteiger partial charge in [-0.1, -0.05) is 18.2 Å². The molecule has 2 aliphatic heterocycles. The molecule has 0 bridgehead atoms. The van der Waals surface area contributed by atoms with Crippen molar-refractivity contribution in [2.75, 3.05) is 38.3 Å². The van der Waals surface area contributed by atoms with Crippen LogP contribution in [-0.2, 0) is 9.53 Å². The summed E-state index contributed by atoms with van der Waals surface area (Å²) in [4.78, 5) is 22.2. The number of carbonyl (C=O) groups excluding carboxylic acids is 1. The first kappa shape index (κ1) is 22.6. The van der Waals surface area contributed by atoms with E-state index in [1.807, 2.05) is 43.3 Å². The number of benzene rings is 2. The molecule has 2 saturated heterocycles. The Morgan fingerprint density at radius 1 is 1.19 bits per heavy atom. The SMILES string of the molecule is COCCCN1C(=O)/C(=C/c2cc(F)c(N3CCCC3)cc2C)SC1=Nc1ccccc1. The van der Waals surface area contributed by atoms with Crippen molar-refractivity contribution < 1.29 is 13.9 Å². The second kappa shape index (κ2) is 10.3. The summed E-state index contributed by atoms with van der Waals surface area (Å²) in [5.74, 6) is -0.348. The molecule has 4 rings (SSSR count). The van der Waals surface area contributed by atoms with E-state index in [2.05, 4.69) is 9.89 Å². The van der Waals surface area contributed by atoms with Crippen LogP contribution in [0.15, 0.2) is 52.4 Å². The molecule has 0 atom stereocenters. The Bertz CT molecular complexity index is 1030. The quantitative estimate of drug-likeness (QED) is 0.417. The van der Waals surface area contributed by atoms with Gasteiger partial charge in [-0.15, -0.1) is 0 Å². The average molecular weight is 454 g/mol. The number of para-hydroxylation sites is 1. The second-order valence-corrected chi connectivity index (χ2v) is 9.01. The largest absolute Gasteiger partial charge is 0.385 e. The molecular weight excluding hydrogens is 425 g/mol. The van der Waals surface area contributed by atoms with E-state index in [4.69, 9.17) is 4.74 Å². The van der Waals surface area contributed by atoms with Gasteiger partial charge in [-0.2, -0.15) is 0 Å². The van der Waals surface area contributed by atoms with E-state index in [0.717, 1.165) is 42.7 Å². The number of anilines is 1. The average Bonchev–Trinajstić information content (AvgIpc) is 3.41. The van der Waals surface area contributed by atoms with Crippen LogP contribution in [0.1, 0.15) is 30.4 Å². The van der Waals surface area contributed by atoms with Crippen molar-refractivity contribution in [2.24, 2.45) is 4.99 Å². The van der Waals surface area contributed by atoms with Gasteiger partial charge in [-0.3, -0.25) is 9.69 Å². The van der Waals surface area contributed by atoms with Gasteiger partial charge in [0.15, 0.2) is 5.17 Å². The normalized spacial score (nSPS) is 19.0. The topological polar surface area (TPSA) is 45.1 Å². The Balaban J connectivity index is 1.63. The van der Waals surface area contributed by atoms with Gasteiger partial charge in [0, 0.05) is 33.4 Å². The smallest absolute Gasteiger partial charge is 0.266 e. The monoisotopic (exact) mass is 453 g/mol. The van der Waals surface area contributed by atoms with Gasteiger partial charge < -0.3 is 9.64 Å². The lowest BCUT2D eigenvalue weighted by atomic mass is 10.1. The maximum Gasteiger partial charge on any atom is 0.266 e. The molecule has 2 fully saturated rings. The zero-order valence-corrected chi connectivity index (χ0v) is 19.3. The van der Waals surface area contributed by atoms with Crippen molar-refractivity contribution in [2.45, 2.75) is 26.2 Å². The minimum atomic E-state index is -0.241. The van der Waals surface area contributed by atoms with Crippen LogP contribution in [-0.4, -0.2) is 49.3 Å². The van der Waals surface area contributed by atoms with Crippen molar-refractivity contribution in [3.05, 3.63) is 64.3 Å². The summed E-state index contributed by atoms with van der Waals surface area (Å²) in [7, 11) is 1.65. The Hall–Kier alpha value is -2.64. The number of thioether (sulfide) groups is 1. The molecule has 168 valence electrons. The fourth-order valence-corrected chi connectivity index (χ4v) is 4.96. The maximum atomic E-state index is 14.9. The van der Waals surface area contributed by atoms with Gasteiger partial charge >= 0.3 is 0 Å². The molecule has 1 amide bonds. The first-order chi connectivity index (χ1) is 15.6. The lowest BCUT2D eigenvalue weighted by Gasteiger charge is -2.19. The van der Waals surface area contributed by atoms with Crippen molar-refractivity contribution in [3.63, 3.8) is 0 Å². The highest BCUT2D eigenvalue weighted by atomic mass is 32.2. The summed E-state index contributed by atoms with van der Waals surface area (Å²) in [6, 6.07) is 13.0. The van der Waals surface area contributed by atoms with Crippen LogP contribution in [0.4, 0.5) is 15.8 Å². The van der Waals surface area contributed by atoms with Crippen LogP contribution in [0.3, 0.4) is 0 Å². The van der Waals surface area contributed by atoms with Crippen LogP contribution in [0.25, 0.3) is 6.08 Å². The molecule has 0 aliphatic carbocycles. The number of halogens is 1. The molecule has 0 saturated carbocycles. The molecule has 5 nitrogen and oxygen atoms in total. The molecule has 7 heteroatoms. The molecule has 0 radical (unpaired) electrons. The number of carbonyl (C=O) groups is 1. The molecule has 0 N–H and O–H groups in total. The maximum absolute atomic E-state index is 14.9. The van der Waals surface area contributed by atoms with E-state index in [1.54, 1.807) is 24.2 Å². The van der Waals surface area contributed by atoms with Crippen molar-refractivity contribution >= 4 is 40.3 Å². The summed E-state index contributed by atoms with van der Waals surface area (Å²) < 4.78 is 20.0. The zero-order chi connectivity index (χ0) is 22.5. The minimum Gasteiger partial charge on any atom is -0.385 e. The summed E-state index contributed by atoms with van der Waals surface area (Å²) in [5, 5.41) is 0.635. The number of ether oxygens (including phenoxy) is 1. The standard InChI is InChI=1S/C25H28FN3O2S/c1-18-15-22(28-11-6-7-12-28)21(26)16-19(18)17-23-24(30)29(13-8-14-31-2)25(32-23)27-20-9-4-3-5-10-20/h3-5,9-10,15-17H,6-8,11-14H2,1-2H3/b23-17-,27-25?. The second-order valence-electron chi connectivity index (χ2n) is 8.00. The zero-order valence-electron chi connectivity index (χ0n) is 18.5. The van der Waals surface area contributed by atoms with E-state index in [-0.39, 0.29) is 11.7 Å². The number of aryl methyl sites for hydroxylation is 1. The number of hydrogen-bond donors (Lipinski definition) is 0. The number of amides is 1. The fraction of sp³-hybridized carbons (Fsp3) is 0.360. The number of rotatable bonds is 7. The van der Waals surface area contributed by atoms with Gasteiger partial charge in [0.2, 0.25) is 0 Å². The Kier molecular flexibility index (Phi) is 7.27. The van der Waals surface area contributed by atoms with Crippen LogP contribution in [0.5, 0.6) is 0 Å². The molecule has 2 heterocycles. The van der Waals surface area contributed by atoms with Gasteiger partial charge in [0.25, 0.3) is 5.91 Å². The van der Waals surface area contributed by atoms with E-state index in [9.17, 15) is 9.18 Å². The Morgan fingerprint density at radius 3 is 2.66 bits per heavy atom. The molecule has 2 aromatic carbocycles. The highest BCUT2D eigenvalue weighted by Gasteiger charge is 2.33. The minimum absolute atomic E-state index is 0.107. The predicted molar refractivity (Wildman–Crippen MR) is 130 cm³/mol. The number of aliphatic imine (C=N–C) groups is 1. The predicted octanol–water partition coefficient (Wildman–Crippen LogP) is 5.37. The van der Waals surface area contributed by atoms with Gasteiger partial charge in [0.05, 0.1) is 16.3 Å². The van der Waals surface area contributed by atoms with Gasteiger partial charge in [-0.05, 0) is 79.4 Å². The van der Waals surface area contributed by atoms with Crippen molar-refractivity contribution in [3.8, 4) is 0 Å². The van der Waals surface area contributed by atoms with E-state index in [0.29, 0.717) is 35.3 Å². The molecule has 0 spiro atoms. The third-order valence-corrected chi connectivity index (χ3v) is 6.67. The van der Waals surface area contributed by atoms with E-state index in [1.165, 1.54) is 11.8 Å². The van der Waals surface area contributed by atoms with Crippen LogP contribution < -0.4 is 4.90 Å². The lowest BCUT2D eigenvalue weighted by molar-refractivity contribution is -0.122. The fourth-order valence-electron chi connectivity index (χ4n) is 3.95. The highest BCUT2D eigenvalue weighted by molar-refractivity contribution is 8.18. The van der Waals surface area contributed by atoms with E-state index < -0.39 is 0 Å². The first-order valence-corrected chi connectivity index (χ1v) is 11.8. The molecule has 32 heavy (non-hydrogen) atoms. The van der Waals surface area contributed by atoms with Crippen molar-refractivity contribution in [1.82, 2.24) is 4.90 Å². The number of nitrogens with zero attached hydrogens (tertiary/aromatic N) is 3. The first-order valence-electron chi connectivity index (χ1n) is 11.0. The molecule has 2 aliphatic rings. The summed E-state index contributed by atoms with van der Waals surface area (Å²) in [6.45, 7) is 4.82. The number of methoxy groups -OCH3 is 1. The molecule has 2 aromatic rings. The summed E-state index contributed by atoms with van der Waals surface area (Å²) >= 11 is 1.33. The van der Waals surface area contributed by atoms with Crippen LogP contribution in [0.2, 0.25) is 0 Å². The number of hydrogen-bond acceptors (Lipinski definition) is 5. The highest BCUT2D eigenvalue weighted by Crippen LogP contribution is 2.36. The van der Waals surface area contributed by atoms with Gasteiger partial charge in [0.1, 0.15) is 5.82 Å². The lowest BCUT2D eigenvalue weighted by Crippen LogP contribution is -2.30. The summed E-state index contributed by atoms with van der Waals surface area (Å²) in [5.41, 5.74) is 3.12. The molecular formula is C25H28FN3O2S. The third kappa shape index (κ3) is 5.05. The van der Waals surface area contributed by atoms with Crippen molar-refractivity contribution in [1.29, 1.82) is 0 Å². The third-order valence-electron chi connectivity index (χ3n) is 5.67. The Morgan fingerprint density at radius 2 is 1.94 bits per heavy atom. The summed E-state index contributed by atoms with van der Waals surface area (Å²) in [6.07, 6.45) is 4.69. The Labute approximate surface area is 193 Å². The van der Waals surface area contributed by atoms with Crippen LogP contribution >= 0.6 is 11.8 Å². The van der Waals surface area contributed by atoms with Gasteiger partial charge in [-0.25, -0.2) is 9.38 Å². The van der Waals surface area contributed by atoms with E-state index >= 15 is 0 Å². The molecule has 0 unspecified atom stereocenters.